The molecule has 0 aromatic heterocycles. The molecule has 0 heterocycles. The largest absolute Gasteiger partial charge is 0.478 e. The zero-order valence-corrected chi connectivity index (χ0v) is 15.8. The second-order valence-corrected chi connectivity index (χ2v) is 9.25. The first-order valence-electron chi connectivity index (χ1n) is 9.22. The fourth-order valence-corrected chi connectivity index (χ4v) is 5.81. The van der Waals surface area contributed by atoms with Crippen LogP contribution in [0.2, 0.25) is 0 Å². The van der Waals surface area contributed by atoms with Crippen LogP contribution in [0.5, 0.6) is 0 Å². The van der Waals surface area contributed by atoms with Crippen LogP contribution in [-0.4, -0.2) is 33.0 Å². The van der Waals surface area contributed by atoms with Crippen molar-refractivity contribution in [1.82, 2.24) is 0 Å². The Labute approximate surface area is 146 Å². The number of carbonyl (C=O) groups is 1. The third kappa shape index (κ3) is 3.41. The first-order valence-corrected chi connectivity index (χ1v) is 9.22. The van der Waals surface area contributed by atoms with E-state index < -0.39 is 11.6 Å². The van der Waals surface area contributed by atoms with Crippen LogP contribution in [0.25, 0.3) is 0 Å². The molecule has 0 aromatic carbocycles. The average Bonchev–Trinajstić information content (AvgIpc) is 2.41. The smallest absolute Gasteiger partial charge is 0.328 e. The lowest BCUT2D eigenvalue weighted by Crippen LogP contribution is -2.60. The summed E-state index contributed by atoms with van der Waals surface area (Å²) < 4.78 is 0. The summed E-state index contributed by atoms with van der Waals surface area (Å²) in [4.78, 5) is 10.8. The molecule has 3 N–H and O–H groups in total. The van der Waals surface area contributed by atoms with Gasteiger partial charge in [-0.1, -0.05) is 26.3 Å². The van der Waals surface area contributed by atoms with Crippen LogP contribution >= 0.6 is 0 Å². The Bertz CT molecular complexity index is 520. The monoisotopic (exact) mass is 338 g/mol. The van der Waals surface area contributed by atoms with Crippen molar-refractivity contribution < 1.29 is 20.1 Å². The first kappa shape index (κ1) is 19.5. The molecule has 0 aliphatic heterocycles. The van der Waals surface area contributed by atoms with Gasteiger partial charge in [0.15, 0.2) is 0 Å². The van der Waals surface area contributed by atoms with Crippen LogP contribution < -0.4 is 0 Å². The van der Waals surface area contributed by atoms with E-state index in [-0.39, 0.29) is 22.9 Å². The molecule has 5 atom stereocenters. The van der Waals surface area contributed by atoms with Crippen LogP contribution in [0.4, 0.5) is 0 Å². The van der Waals surface area contributed by atoms with E-state index in [0.29, 0.717) is 12.3 Å². The molecule has 2 aliphatic rings. The lowest BCUT2D eigenvalue weighted by Gasteiger charge is -2.62. The highest BCUT2D eigenvalue weighted by atomic mass is 16.4. The second kappa shape index (κ2) is 6.45. The number of hydrogen-bond acceptors (Lipinski definition) is 3. The van der Waals surface area contributed by atoms with Gasteiger partial charge in [-0.15, -0.1) is 0 Å². The fraction of sp³-hybridized carbons (Fsp3) is 0.850. The number of allylic oxidation sites excluding steroid dienone is 1. The Morgan fingerprint density at radius 3 is 2.38 bits per heavy atom. The van der Waals surface area contributed by atoms with Gasteiger partial charge in [0.05, 0.1) is 11.7 Å². The van der Waals surface area contributed by atoms with E-state index in [4.69, 9.17) is 5.11 Å². The van der Waals surface area contributed by atoms with Gasteiger partial charge in [-0.2, -0.15) is 0 Å². The summed E-state index contributed by atoms with van der Waals surface area (Å²) in [5, 5.41) is 30.5. The highest BCUT2D eigenvalue weighted by molar-refractivity contribution is 5.80. The SMILES string of the molecule is C/C(=C\C(=O)O)CC[C@H]1[C@]2(C)CC[C@@H](O)C(C)(C)[C@H]2CC[C@]1(C)O. The predicted molar refractivity (Wildman–Crippen MR) is 94.6 cm³/mol. The van der Waals surface area contributed by atoms with E-state index in [0.717, 1.165) is 37.7 Å². The van der Waals surface area contributed by atoms with Gasteiger partial charge in [0, 0.05) is 6.08 Å². The van der Waals surface area contributed by atoms with Gasteiger partial charge >= 0.3 is 5.97 Å². The van der Waals surface area contributed by atoms with Gasteiger partial charge in [-0.25, -0.2) is 4.79 Å². The van der Waals surface area contributed by atoms with Gasteiger partial charge in [-0.05, 0) is 75.0 Å². The summed E-state index contributed by atoms with van der Waals surface area (Å²) >= 11 is 0. The highest BCUT2D eigenvalue weighted by Crippen LogP contribution is 2.62. The van der Waals surface area contributed by atoms with E-state index in [9.17, 15) is 15.0 Å². The van der Waals surface area contributed by atoms with Crippen molar-refractivity contribution in [3.8, 4) is 0 Å². The molecule has 24 heavy (non-hydrogen) atoms. The van der Waals surface area contributed by atoms with Crippen LogP contribution in [-0.2, 0) is 4.79 Å². The Morgan fingerprint density at radius 2 is 1.79 bits per heavy atom. The van der Waals surface area contributed by atoms with Crippen molar-refractivity contribution in [3.05, 3.63) is 11.6 Å². The van der Waals surface area contributed by atoms with E-state index in [2.05, 4.69) is 20.8 Å². The summed E-state index contributed by atoms with van der Waals surface area (Å²) in [5.41, 5.74) is -0.0476. The molecule has 2 rings (SSSR count). The summed E-state index contributed by atoms with van der Waals surface area (Å²) in [6, 6.07) is 0. The van der Waals surface area contributed by atoms with Crippen LogP contribution in [0.15, 0.2) is 11.6 Å². The second-order valence-electron chi connectivity index (χ2n) is 9.25. The van der Waals surface area contributed by atoms with Gasteiger partial charge < -0.3 is 15.3 Å². The van der Waals surface area contributed by atoms with Gasteiger partial charge in [-0.3, -0.25) is 0 Å². The van der Waals surface area contributed by atoms with E-state index in [1.165, 1.54) is 6.08 Å². The zero-order valence-electron chi connectivity index (χ0n) is 15.8. The minimum Gasteiger partial charge on any atom is -0.478 e. The molecule has 0 bridgehead atoms. The first-order chi connectivity index (χ1) is 10.9. The quantitative estimate of drug-likeness (QED) is 0.682. The number of fused-ring (bicyclic) bond motifs is 1. The van der Waals surface area contributed by atoms with E-state index in [1.807, 2.05) is 13.8 Å². The molecule has 4 nitrogen and oxygen atoms in total. The summed E-state index contributed by atoms with van der Waals surface area (Å²) in [5.74, 6) is -0.413. The van der Waals surface area contributed by atoms with Gasteiger partial charge in [0.1, 0.15) is 0 Å². The molecule has 0 saturated heterocycles. The maximum absolute atomic E-state index is 11.1. The van der Waals surface area contributed by atoms with Crippen LogP contribution in [0.3, 0.4) is 0 Å². The topological polar surface area (TPSA) is 77.8 Å². The molecule has 2 fully saturated rings. The van der Waals surface area contributed by atoms with Crippen molar-refractivity contribution in [2.45, 2.75) is 84.8 Å². The van der Waals surface area contributed by atoms with Gasteiger partial charge in [0.25, 0.3) is 0 Å². The summed E-state index contributed by atoms with van der Waals surface area (Å²) in [6.45, 7) is 10.4. The molecule has 2 saturated carbocycles. The maximum Gasteiger partial charge on any atom is 0.328 e. The van der Waals surface area contributed by atoms with Crippen molar-refractivity contribution >= 4 is 5.97 Å². The normalized spacial score (nSPS) is 42.5. The minimum absolute atomic E-state index is 0.0199. The van der Waals surface area contributed by atoms with Crippen molar-refractivity contribution in [3.63, 3.8) is 0 Å². The summed E-state index contributed by atoms with van der Waals surface area (Å²) in [6.07, 6.45) is 5.85. The maximum atomic E-state index is 11.1. The Hall–Kier alpha value is -0.870. The third-order valence-corrected chi connectivity index (χ3v) is 7.19. The van der Waals surface area contributed by atoms with Crippen molar-refractivity contribution in [2.24, 2.45) is 22.7 Å². The summed E-state index contributed by atoms with van der Waals surface area (Å²) in [7, 11) is 0. The zero-order chi connectivity index (χ0) is 18.3. The van der Waals surface area contributed by atoms with Crippen LogP contribution in [0, 0.1) is 22.7 Å². The number of aliphatic hydroxyl groups excluding tert-OH is 1. The number of rotatable bonds is 4. The molecule has 0 radical (unpaired) electrons. The predicted octanol–water partition coefficient (Wildman–Crippen LogP) is 3.76. The number of aliphatic carboxylic acids is 1. The Balaban J connectivity index is 2.27. The average molecular weight is 338 g/mol. The molecule has 138 valence electrons. The molecular weight excluding hydrogens is 304 g/mol. The molecule has 0 aromatic rings. The van der Waals surface area contributed by atoms with Crippen LogP contribution in [0.1, 0.15) is 73.1 Å². The number of carboxylic acid groups (broad SMARTS) is 1. The molecule has 0 unspecified atom stereocenters. The van der Waals surface area contributed by atoms with E-state index in [1.54, 1.807) is 0 Å². The Morgan fingerprint density at radius 1 is 1.17 bits per heavy atom. The number of hydrogen-bond donors (Lipinski definition) is 3. The third-order valence-electron chi connectivity index (χ3n) is 7.19. The number of carboxylic acids is 1. The lowest BCUT2D eigenvalue weighted by molar-refractivity contribution is -0.195. The van der Waals surface area contributed by atoms with Crippen molar-refractivity contribution in [2.75, 3.05) is 0 Å². The fourth-order valence-electron chi connectivity index (χ4n) is 5.81. The molecule has 0 spiro atoms. The molecule has 2 aliphatic carbocycles. The highest BCUT2D eigenvalue weighted by Gasteiger charge is 2.59. The van der Waals surface area contributed by atoms with E-state index >= 15 is 0 Å². The minimum atomic E-state index is -0.908. The van der Waals surface area contributed by atoms with Gasteiger partial charge in [0.2, 0.25) is 0 Å². The molecule has 4 heteroatoms. The lowest BCUT2D eigenvalue weighted by atomic mass is 9.44. The Kier molecular flexibility index (Phi) is 5.23. The van der Waals surface area contributed by atoms with Crippen molar-refractivity contribution in [1.29, 1.82) is 0 Å². The molecular formula is C20H34O4. The molecule has 0 amide bonds. The number of aliphatic hydroxyl groups is 2. The standard InChI is InChI=1S/C20H34O4/c1-13(12-17(22)23)6-7-15-19(4)10-9-16(21)18(2,3)14(19)8-11-20(15,5)24/h12,14-16,21,24H,6-11H2,1-5H3,(H,22,23)/b13-12+/t14-,15+,16-,19-,20+/m1/s1.